The number of nitrogen functional groups attached to an aromatic ring is 1. The molecule has 148 valence electrons. The molecule has 7 N–H and O–H groups in total. The number of thioether (sulfide) groups is 1. The van der Waals surface area contributed by atoms with Crippen LogP contribution in [0.2, 0.25) is 0 Å². The number of aliphatic carboxylic acids is 1. The molecule has 12 heteroatoms. The maximum atomic E-state index is 10.7. The molecule has 10 nitrogen and oxygen atoms in total. The van der Waals surface area contributed by atoms with Crippen LogP contribution >= 0.6 is 27.7 Å². The van der Waals surface area contributed by atoms with Crippen molar-refractivity contribution in [3.05, 3.63) is 17.0 Å². The minimum atomic E-state index is -1.16. The molecule has 0 saturated carbocycles. The number of ether oxygens (including phenoxy) is 1. The minimum absolute atomic E-state index is 0.292. The maximum Gasteiger partial charge on any atom is 0.320 e. The normalized spacial score (nSPS) is 26.5. The van der Waals surface area contributed by atoms with Gasteiger partial charge in [-0.05, 0) is 28.1 Å². The number of nitrogens with two attached hydrogens (primary N) is 2. The zero-order chi connectivity index (χ0) is 19.7. The molecule has 0 unspecified atom stereocenters. The van der Waals surface area contributed by atoms with Gasteiger partial charge in [0, 0.05) is 16.4 Å². The molecular weight excluding hydrogens is 442 g/mol. The Kier molecular flexibility index (Phi) is 6.23. The number of fused-ring (bicyclic) bond motifs is 1. The summed E-state index contributed by atoms with van der Waals surface area (Å²) in [5.41, 5.74) is 11.8. The van der Waals surface area contributed by atoms with Crippen molar-refractivity contribution in [3.63, 3.8) is 0 Å². The summed E-state index contributed by atoms with van der Waals surface area (Å²) in [5, 5.41) is 30.2. The lowest BCUT2D eigenvalue weighted by Gasteiger charge is -2.17. The van der Waals surface area contributed by atoms with E-state index in [0.717, 1.165) is 0 Å². The van der Waals surface area contributed by atoms with Gasteiger partial charge in [-0.15, -0.1) is 0 Å². The molecule has 2 aromatic rings. The van der Waals surface area contributed by atoms with Gasteiger partial charge < -0.3 is 36.1 Å². The molecule has 1 fully saturated rings. The van der Waals surface area contributed by atoms with E-state index in [0.29, 0.717) is 39.3 Å². The number of carboxylic acids is 1. The number of hydrogen-bond acceptors (Lipinski definition) is 9. The summed E-state index contributed by atoms with van der Waals surface area (Å²) >= 11 is 4.80. The summed E-state index contributed by atoms with van der Waals surface area (Å²) in [6, 6.07) is -0.918. The largest absolute Gasteiger partial charge is 0.480 e. The van der Waals surface area contributed by atoms with Gasteiger partial charge in [0.1, 0.15) is 36.0 Å². The molecule has 1 aliphatic heterocycles. The van der Waals surface area contributed by atoms with E-state index in [9.17, 15) is 15.0 Å². The number of aliphatic hydroxyl groups is 2. The molecule has 0 spiro atoms. The number of rotatable bonds is 7. The van der Waals surface area contributed by atoms with Crippen molar-refractivity contribution in [2.24, 2.45) is 5.73 Å². The molecule has 0 aromatic carbocycles. The van der Waals surface area contributed by atoms with Crippen LogP contribution in [0.25, 0.3) is 11.0 Å². The first kappa shape index (κ1) is 20.3. The lowest BCUT2D eigenvalue weighted by Crippen LogP contribution is -2.33. The van der Waals surface area contributed by atoms with Crippen molar-refractivity contribution in [2.45, 2.75) is 37.0 Å². The van der Waals surface area contributed by atoms with Crippen molar-refractivity contribution < 1.29 is 24.9 Å². The Morgan fingerprint density at radius 2 is 2.15 bits per heavy atom. The number of carbonyl (C=O) groups is 1. The van der Waals surface area contributed by atoms with Crippen molar-refractivity contribution >= 4 is 50.5 Å². The van der Waals surface area contributed by atoms with Gasteiger partial charge in [-0.25, -0.2) is 9.97 Å². The van der Waals surface area contributed by atoms with Gasteiger partial charge in [0.25, 0.3) is 0 Å². The highest BCUT2D eigenvalue weighted by Gasteiger charge is 2.44. The number of hydrogen-bond donors (Lipinski definition) is 5. The lowest BCUT2D eigenvalue weighted by molar-refractivity contribution is -0.138. The summed E-state index contributed by atoms with van der Waals surface area (Å²) in [6.45, 7) is 0. The summed E-state index contributed by atoms with van der Waals surface area (Å²) in [4.78, 5) is 18.9. The van der Waals surface area contributed by atoms with E-state index < -0.39 is 36.6 Å². The Bertz CT molecular complexity index is 836. The van der Waals surface area contributed by atoms with Crippen molar-refractivity contribution in [1.29, 1.82) is 0 Å². The highest BCUT2D eigenvalue weighted by atomic mass is 79.9. The fourth-order valence-electron chi connectivity index (χ4n) is 2.89. The first-order valence-corrected chi connectivity index (χ1v) is 10.1. The smallest absolute Gasteiger partial charge is 0.320 e. The van der Waals surface area contributed by atoms with Gasteiger partial charge in [0.2, 0.25) is 0 Å². The Labute approximate surface area is 167 Å². The van der Waals surface area contributed by atoms with Crippen molar-refractivity contribution in [1.82, 2.24) is 14.5 Å². The molecule has 3 rings (SSSR count). The number of aromatic nitrogens is 3. The molecule has 0 amide bonds. The van der Waals surface area contributed by atoms with Gasteiger partial charge in [0.15, 0.2) is 6.23 Å². The molecule has 27 heavy (non-hydrogen) atoms. The molecule has 1 saturated heterocycles. The van der Waals surface area contributed by atoms with Crippen LogP contribution < -0.4 is 11.5 Å². The van der Waals surface area contributed by atoms with E-state index in [2.05, 4.69) is 25.9 Å². The first-order chi connectivity index (χ1) is 12.8. The quantitative estimate of drug-likeness (QED) is 0.351. The van der Waals surface area contributed by atoms with Crippen LogP contribution in [0.4, 0.5) is 5.82 Å². The van der Waals surface area contributed by atoms with Gasteiger partial charge in [-0.3, -0.25) is 4.79 Å². The number of halogens is 1. The summed E-state index contributed by atoms with van der Waals surface area (Å²) < 4.78 is 8.12. The molecule has 0 aliphatic carbocycles. The van der Waals surface area contributed by atoms with Crippen molar-refractivity contribution in [2.75, 3.05) is 17.2 Å². The van der Waals surface area contributed by atoms with E-state index in [1.54, 1.807) is 10.8 Å². The van der Waals surface area contributed by atoms with Gasteiger partial charge in [0.05, 0.1) is 11.5 Å². The Morgan fingerprint density at radius 3 is 2.85 bits per heavy atom. The summed E-state index contributed by atoms with van der Waals surface area (Å²) in [5.74, 6) is 0.135. The third-order valence-corrected chi connectivity index (χ3v) is 6.07. The van der Waals surface area contributed by atoms with Gasteiger partial charge in [-0.1, -0.05) is 0 Å². The van der Waals surface area contributed by atoms with Crippen LogP contribution in [0, 0.1) is 0 Å². The molecule has 1 aliphatic rings. The van der Waals surface area contributed by atoms with E-state index >= 15 is 0 Å². The second kappa shape index (κ2) is 8.29. The second-order valence-corrected chi connectivity index (χ2v) is 8.20. The van der Waals surface area contributed by atoms with Crippen LogP contribution in [0.3, 0.4) is 0 Å². The number of nitrogens with zero attached hydrogens (tertiary/aromatic N) is 3. The summed E-state index contributed by atoms with van der Waals surface area (Å²) in [7, 11) is 0. The maximum absolute atomic E-state index is 10.7. The fourth-order valence-corrected chi connectivity index (χ4v) is 4.58. The zero-order valence-corrected chi connectivity index (χ0v) is 16.5. The van der Waals surface area contributed by atoms with Gasteiger partial charge in [-0.2, -0.15) is 11.8 Å². The number of carboxylic acid groups (broad SMARTS) is 1. The topological polar surface area (TPSA) is 170 Å². The molecule has 3 heterocycles. The molecule has 5 atom stereocenters. The predicted octanol–water partition coefficient (Wildman–Crippen LogP) is -0.0696. The second-order valence-electron chi connectivity index (χ2n) is 6.20. The molecule has 0 bridgehead atoms. The van der Waals surface area contributed by atoms with Crippen LogP contribution in [-0.2, 0) is 9.53 Å². The van der Waals surface area contributed by atoms with E-state index in [4.69, 9.17) is 21.3 Å². The standard InChI is InChI=1S/C15H20BrN5O5S/c16-6-3-21(13-9(6)12(18)19-5-20-13)14-11(23)10(22)8(26-14)4-27-2-1-7(17)15(24)25/h3,5,7-8,10-11,14,22-23H,1-2,4,17H2,(H,24,25)(H2,18,19,20)/t7-,8-,10-,11-,14-/m0/s1. The monoisotopic (exact) mass is 461 g/mol. The highest BCUT2D eigenvalue weighted by Crippen LogP contribution is 2.37. The van der Waals surface area contributed by atoms with Crippen LogP contribution in [0.1, 0.15) is 12.6 Å². The van der Waals surface area contributed by atoms with E-state index in [-0.39, 0.29) is 0 Å². The minimum Gasteiger partial charge on any atom is -0.480 e. The highest BCUT2D eigenvalue weighted by molar-refractivity contribution is 9.10. The molecule has 0 radical (unpaired) electrons. The van der Waals surface area contributed by atoms with Crippen LogP contribution in [0.15, 0.2) is 17.0 Å². The summed E-state index contributed by atoms with van der Waals surface area (Å²) in [6.07, 6.45) is -0.405. The van der Waals surface area contributed by atoms with E-state index in [1.165, 1.54) is 18.1 Å². The number of aliphatic hydroxyl groups excluding tert-OH is 2. The molecular formula is C15H20BrN5O5S. The third kappa shape index (κ3) is 4.05. The van der Waals surface area contributed by atoms with Gasteiger partial charge >= 0.3 is 5.97 Å². The Hall–Kier alpha value is -1.44. The Balaban J connectivity index is 1.69. The lowest BCUT2D eigenvalue weighted by atomic mass is 10.1. The van der Waals surface area contributed by atoms with Crippen LogP contribution in [0.5, 0.6) is 0 Å². The predicted molar refractivity (Wildman–Crippen MR) is 103 cm³/mol. The fraction of sp³-hybridized carbons (Fsp3) is 0.533. The first-order valence-electron chi connectivity index (χ1n) is 8.15. The third-order valence-electron chi connectivity index (χ3n) is 4.38. The zero-order valence-electron chi connectivity index (χ0n) is 14.1. The van der Waals surface area contributed by atoms with Crippen LogP contribution in [-0.4, -0.2) is 71.7 Å². The van der Waals surface area contributed by atoms with Crippen molar-refractivity contribution in [3.8, 4) is 0 Å². The Morgan fingerprint density at radius 1 is 1.41 bits per heavy atom. The van der Waals surface area contributed by atoms with E-state index in [1.807, 2.05) is 0 Å². The SMILES string of the molecule is Nc1ncnc2c1c(Br)cn2[C@H]1O[C@@H](CSCC[C@H](N)C(=O)O)[C@H](O)[C@@H]1O. The number of anilines is 1. The average Bonchev–Trinajstić information content (AvgIpc) is 3.10. The average molecular weight is 462 g/mol. The molecule has 2 aromatic heterocycles.